The number of nitrogens with zero attached hydrogens (tertiary/aromatic N) is 1. The van der Waals surface area contributed by atoms with Crippen LogP contribution in [0.2, 0.25) is 0 Å². The van der Waals surface area contributed by atoms with Gasteiger partial charge in [0.15, 0.2) is 5.11 Å². The van der Waals surface area contributed by atoms with E-state index in [9.17, 15) is 4.79 Å². The van der Waals surface area contributed by atoms with Crippen molar-refractivity contribution in [2.45, 2.75) is 51.9 Å². The Balaban J connectivity index is 1.13. The molecule has 0 atom stereocenters. The van der Waals surface area contributed by atoms with Gasteiger partial charge in [0.25, 0.3) is 0 Å². The zero-order chi connectivity index (χ0) is 22.6. The van der Waals surface area contributed by atoms with Gasteiger partial charge in [0, 0.05) is 17.7 Å². The van der Waals surface area contributed by atoms with Gasteiger partial charge in [-0.3, -0.25) is 4.79 Å². The highest BCUT2D eigenvalue weighted by atomic mass is 32.1. The van der Waals surface area contributed by atoms with Crippen LogP contribution < -0.4 is 10.6 Å². The lowest BCUT2D eigenvalue weighted by Crippen LogP contribution is -2.48. The second-order valence-corrected chi connectivity index (χ2v) is 11.1. The van der Waals surface area contributed by atoms with E-state index >= 15 is 0 Å². The average Bonchev–Trinajstić information content (AvgIpc) is 3.18. The maximum Gasteiger partial charge on any atom is 0.226 e. The number of carbonyl (C=O) groups is 1. The fourth-order valence-electron chi connectivity index (χ4n) is 7.16. The number of H-pyrrole nitrogens is 1. The molecular formula is C27H30N4OS. The van der Waals surface area contributed by atoms with Crippen molar-refractivity contribution in [3.05, 3.63) is 48.0 Å². The number of aromatic amines is 1. The Morgan fingerprint density at radius 3 is 2.48 bits per heavy atom. The molecule has 3 aromatic rings. The molecule has 170 valence electrons. The van der Waals surface area contributed by atoms with Crippen molar-refractivity contribution in [1.82, 2.24) is 15.3 Å². The molecule has 1 heterocycles. The van der Waals surface area contributed by atoms with Crippen LogP contribution >= 0.6 is 12.2 Å². The highest BCUT2D eigenvalue weighted by molar-refractivity contribution is 7.80. The highest BCUT2D eigenvalue weighted by Gasteiger charge is 2.51. The van der Waals surface area contributed by atoms with Gasteiger partial charge in [-0.15, -0.1) is 0 Å². The van der Waals surface area contributed by atoms with E-state index in [0.29, 0.717) is 11.5 Å². The van der Waals surface area contributed by atoms with Crippen molar-refractivity contribution in [2.24, 2.45) is 23.2 Å². The third-order valence-corrected chi connectivity index (χ3v) is 8.31. The average molecular weight is 459 g/mol. The van der Waals surface area contributed by atoms with E-state index in [1.807, 2.05) is 49.4 Å². The van der Waals surface area contributed by atoms with Crippen molar-refractivity contribution < 1.29 is 4.79 Å². The molecule has 1 aromatic heterocycles. The standard InChI is InChI=1S/C27H30N4OS/c1-16-6-7-20(25-28-21-4-2-3-5-22(21)29-25)11-23(16)30-26(33)31-24(32)15-27-12-17-8-18(13-27)10-19(9-17)14-27/h2-7,11,17-19H,8-10,12-15H2,1H3,(H,28,29)(H2,30,31,32,33). The predicted octanol–water partition coefficient (Wildman–Crippen LogP) is 5.96. The maximum atomic E-state index is 12.9. The Bertz CT molecular complexity index is 1180. The van der Waals surface area contributed by atoms with Crippen molar-refractivity contribution >= 4 is 40.0 Å². The van der Waals surface area contributed by atoms with Crippen molar-refractivity contribution in [1.29, 1.82) is 0 Å². The molecule has 0 radical (unpaired) electrons. The summed E-state index contributed by atoms with van der Waals surface area (Å²) in [7, 11) is 0. The molecule has 0 aliphatic heterocycles. The molecule has 1 amide bonds. The van der Waals surface area contributed by atoms with Crippen LogP contribution in [0, 0.1) is 30.1 Å². The number of fused-ring (bicyclic) bond motifs is 1. The molecule has 5 nitrogen and oxygen atoms in total. The summed E-state index contributed by atoms with van der Waals surface area (Å²) in [6, 6.07) is 14.1. The van der Waals surface area contributed by atoms with Crippen LogP contribution in [-0.2, 0) is 4.79 Å². The van der Waals surface area contributed by atoms with Crippen LogP contribution in [0.3, 0.4) is 0 Å². The molecule has 4 aliphatic carbocycles. The number of aryl methyl sites for hydroxylation is 1. The number of thiocarbonyl (C=S) groups is 1. The molecule has 4 saturated carbocycles. The Kier molecular flexibility index (Phi) is 5.02. The molecule has 0 spiro atoms. The number of nitrogens with one attached hydrogen (secondary N) is 3. The van der Waals surface area contributed by atoms with E-state index < -0.39 is 0 Å². The van der Waals surface area contributed by atoms with Crippen LogP contribution in [0.1, 0.15) is 50.5 Å². The van der Waals surface area contributed by atoms with E-state index in [4.69, 9.17) is 17.2 Å². The zero-order valence-electron chi connectivity index (χ0n) is 19.0. The summed E-state index contributed by atoms with van der Waals surface area (Å²) in [5, 5.41) is 6.59. The molecule has 6 heteroatoms. The van der Waals surface area contributed by atoms with Gasteiger partial charge in [0.05, 0.1) is 11.0 Å². The molecule has 0 unspecified atom stereocenters. The van der Waals surface area contributed by atoms with Crippen LogP contribution in [0.4, 0.5) is 5.69 Å². The van der Waals surface area contributed by atoms with Gasteiger partial charge in [-0.1, -0.05) is 24.3 Å². The van der Waals surface area contributed by atoms with Crippen LogP contribution in [-0.4, -0.2) is 21.0 Å². The first-order valence-electron chi connectivity index (χ1n) is 12.1. The van der Waals surface area contributed by atoms with Gasteiger partial charge in [-0.05, 0) is 105 Å². The van der Waals surface area contributed by atoms with E-state index in [1.165, 1.54) is 38.5 Å². The lowest BCUT2D eigenvalue weighted by molar-refractivity contribution is -0.127. The van der Waals surface area contributed by atoms with Crippen LogP contribution in [0.15, 0.2) is 42.5 Å². The molecule has 4 bridgehead atoms. The normalized spacial score (nSPS) is 27.6. The van der Waals surface area contributed by atoms with Gasteiger partial charge in [0.1, 0.15) is 5.82 Å². The minimum atomic E-state index is 0.0561. The van der Waals surface area contributed by atoms with E-state index in [2.05, 4.69) is 15.6 Å². The molecule has 4 fully saturated rings. The molecular weight excluding hydrogens is 428 g/mol. The number of anilines is 1. The number of para-hydroxylation sites is 2. The van der Waals surface area contributed by atoms with Gasteiger partial charge in [-0.25, -0.2) is 4.98 Å². The molecule has 0 saturated heterocycles. The first-order valence-corrected chi connectivity index (χ1v) is 12.5. The van der Waals surface area contributed by atoms with E-state index in [-0.39, 0.29) is 11.3 Å². The fourth-order valence-corrected chi connectivity index (χ4v) is 7.39. The number of rotatable bonds is 4. The first-order chi connectivity index (χ1) is 15.9. The summed E-state index contributed by atoms with van der Waals surface area (Å²) in [5.41, 5.74) is 5.08. The lowest BCUT2D eigenvalue weighted by atomic mass is 9.49. The third-order valence-electron chi connectivity index (χ3n) is 8.10. The molecule has 2 aromatic carbocycles. The monoisotopic (exact) mass is 458 g/mol. The van der Waals surface area contributed by atoms with E-state index in [0.717, 1.165) is 51.4 Å². The van der Waals surface area contributed by atoms with Crippen molar-refractivity contribution in [2.75, 3.05) is 5.32 Å². The largest absolute Gasteiger partial charge is 0.338 e. The summed E-state index contributed by atoms with van der Waals surface area (Å²) in [5.74, 6) is 3.41. The molecule has 4 aliphatic rings. The SMILES string of the molecule is Cc1ccc(-c2nc3ccccc3[nH]2)cc1NC(=S)NC(=O)CC12CC3CC(CC(C3)C1)C2. The van der Waals surface area contributed by atoms with E-state index in [1.54, 1.807) is 0 Å². The number of carbonyl (C=O) groups excluding carboxylic acids is 1. The smallest absolute Gasteiger partial charge is 0.226 e. The maximum absolute atomic E-state index is 12.9. The summed E-state index contributed by atoms with van der Waals surface area (Å²) in [6.45, 7) is 2.03. The number of imidazole rings is 1. The van der Waals surface area contributed by atoms with Crippen LogP contribution in [0.25, 0.3) is 22.4 Å². The molecule has 7 rings (SSSR count). The van der Waals surface area contributed by atoms with Gasteiger partial charge < -0.3 is 15.6 Å². The van der Waals surface area contributed by atoms with Crippen molar-refractivity contribution in [3.8, 4) is 11.4 Å². The lowest BCUT2D eigenvalue weighted by Gasteiger charge is -2.56. The Morgan fingerprint density at radius 1 is 1.09 bits per heavy atom. The summed E-state index contributed by atoms with van der Waals surface area (Å²) < 4.78 is 0. The minimum absolute atomic E-state index is 0.0561. The molecule has 33 heavy (non-hydrogen) atoms. The Hall–Kier alpha value is -2.73. The summed E-state index contributed by atoms with van der Waals surface area (Å²) in [6.07, 6.45) is 8.46. The third kappa shape index (κ3) is 4.05. The zero-order valence-corrected chi connectivity index (χ0v) is 19.8. The van der Waals surface area contributed by atoms with Gasteiger partial charge in [-0.2, -0.15) is 0 Å². The Labute approximate surface area is 199 Å². The highest BCUT2D eigenvalue weighted by Crippen LogP contribution is 2.61. The number of amides is 1. The molecule has 3 N–H and O–H groups in total. The minimum Gasteiger partial charge on any atom is -0.338 e. The van der Waals surface area contributed by atoms with Gasteiger partial charge in [0.2, 0.25) is 5.91 Å². The summed E-state index contributed by atoms with van der Waals surface area (Å²) >= 11 is 5.53. The topological polar surface area (TPSA) is 69.8 Å². The quantitative estimate of drug-likeness (QED) is 0.422. The fraction of sp³-hybridized carbons (Fsp3) is 0.444. The number of hydrogen-bond acceptors (Lipinski definition) is 3. The van der Waals surface area contributed by atoms with Crippen molar-refractivity contribution in [3.63, 3.8) is 0 Å². The van der Waals surface area contributed by atoms with Gasteiger partial charge >= 0.3 is 0 Å². The van der Waals surface area contributed by atoms with Crippen LogP contribution in [0.5, 0.6) is 0 Å². The second kappa shape index (κ2) is 7.94. The second-order valence-electron chi connectivity index (χ2n) is 10.7. The number of aromatic nitrogens is 2. The summed E-state index contributed by atoms with van der Waals surface area (Å²) in [4.78, 5) is 21.0. The number of benzene rings is 2. The number of hydrogen-bond donors (Lipinski definition) is 3. The Morgan fingerprint density at radius 2 is 1.79 bits per heavy atom. The predicted molar refractivity (Wildman–Crippen MR) is 136 cm³/mol. The first kappa shape index (κ1) is 20.8.